The lowest BCUT2D eigenvalue weighted by Crippen LogP contribution is -2.28. The first-order valence-electron chi connectivity index (χ1n) is 9.63. The van der Waals surface area contributed by atoms with Gasteiger partial charge >= 0.3 is 0 Å². The molecule has 0 aliphatic heterocycles. The van der Waals surface area contributed by atoms with Gasteiger partial charge in [0.25, 0.3) is 0 Å². The molecule has 0 saturated heterocycles. The average molecular weight is 424 g/mol. The standard InChI is InChI=1S/C23H22FN3O2S/c1-16-7-12-22(17(2)15-16)30(28,29)25-13-14-27-21-6-4-3-5-20(21)26-23(27)18-8-10-19(24)11-9-18/h3-12,15,25H,13-14H2,1-2H3. The summed E-state index contributed by atoms with van der Waals surface area (Å²) in [7, 11) is -3.63. The minimum Gasteiger partial charge on any atom is -0.323 e. The SMILES string of the molecule is Cc1ccc(S(=O)(=O)NCCn2c(-c3ccc(F)cc3)nc3ccccc32)c(C)c1. The van der Waals surface area contributed by atoms with Crippen LogP contribution in [0.2, 0.25) is 0 Å². The lowest BCUT2D eigenvalue weighted by atomic mass is 10.2. The summed E-state index contributed by atoms with van der Waals surface area (Å²) in [5.41, 5.74) is 4.18. The predicted octanol–water partition coefficient (Wildman–Crippen LogP) is 4.44. The number of sulfonamides is 1. The number of halogens is 1. The number of rotatable bonds is 6. The number of imidazole rings is 1. The van der Waals surface area contributed by atoms with Crippen LogP contribution in [0.15, 0.2) is 71.6 Å². The van der Waals surface area contributed by atoms with Gasteiger partial charge in [-0.15, -0.1) is 0 Å². The number of hydrogen-bond donors (Lipinski definition) is 1. The summed E-state index contributed by atoms with van der Waals surface area (Å²) < 4.78 is 43.5. The molecule has 7 heteroatoms. The van der Waals surface area contributed by atoms with Crippen molar-refractivity contribution in [1.29, 1.82) is 0 Å². The normalized spacial score (nSPS) is 11.8. The molecule has 154 valence electrons. The molecular formula is C23H22FN3O2S. The summed E-state index contributed by atoms with van der Waals surface area (Å²) >= 11 is 0. The van der Waals surface area contributed by atoms with E-state index in [4.69, 9.17) is 0 Å². The number of fused-ring (bicyclic) bond motifs is 1. The topological polar surface area (TPSA) is 64.0 Å². The molecule has 0 spiro atoms. The molecule has 0 atom stereocenters. The highest BCUT2D eigenvalue weighted by atomic mass is 32.2. The predicted molar refractivity (Wildman–Crippen MR) is 116 cm³/mol. The van der Waals surface area contributed by atoms with E-state index in [1.807, 2.05) is 41.8 Å². The van der Waals surface area contributed by atoms with Crippen LogP contribution in [0.4, 0.5) is 4.39 Å². The van der Waals surface area contributed by atoms with E-state index < -0.39 is 10.0 Å². The van der Waals surface area contributed by atoms with Crippen LogP contribution in [-0.4, -0.2) is 24.5 Å². The van der Waals surface area contributed by atoms with Gasteiger partial charge in [-0.05, 0) is 61.9 Å². The van der Waals surface area contributed by atoms with Crippen molar-refractivity contribution in [2.75, 3.05) is 6.54 Å². The average Bonchev–Trinajstić information content (AvgIpc) is 3.07. The van der Waals surface area contributed by atoms with E-state index in [1.54, 1.807) is 31.2 Å². The van der Waals surface area contributed by atoms with Crippen molar-refractivity contribution in [3.05, 3.63) is 83.7 Å². The molecule has 0 radical (unpaired) electrons. The number of nitrogens with one attached hydrogen (secondary N) is 1. The molecule has 1 aromatic heterocycles. The molecule has 0 saturated carbocycles. The molecule has 1 N–H and O–H groups in total. The molecule has 30 heavy (non-hydrogen) atoms. The van der Waals surface area contributed by atoms with E-state index in [1.165, 1.54) is 12.1 Å². The molecule has 0 fully saturated rings. The van der Waals surface area contributed by atoms with Crippen LogP contribution < -0.4 is 4.72 Å². The fraction of sp³-hybridized carbons (Fsp3) is 0.174. The lowest BCUT2D eigenvalue weighted by molar-refractivity contribution is 0.574. The monoisotopic (exact) mass is 423 g/mol. The third-order valence-electron chi connectivity index (χ3n) is 5.00. The first-order chi connectivity index (χ1) is 14.3. The van der Waals surface area contributed by atoms with Gasteiger partial charge in [-0.3, -0.25) is 0 Å². The second kappa shape index (κ2) is 8.01. The molecule has 0 aliphatic rings. The Balaban J connectivity index is 1.62. The summed E-state index contributed by atoms with van der Waals surface area (Å²) in [5.74, 6) is 0.351. The van der Waals surface area contributed by atoms with Crippen LogP contribution in [0.25, 0.3) is 22.4 Å². The quantitative estimate of drug-likeness (QED) is 0.499. The van der Waals surface area contributed by atoms with Crippen LogP contribution in [0.1, 0.15) is 11.1 Å². The van der Waals surface area contributed by atoms with Crippen LogP contribution in [0.5, 0.6) is 0 Å². The van der Waals surface area contributed by atoms with E-state index in [9.17, 15) is 12.8 Å². The van der Waals surface area contributed by atoms with Crippen molar-refractivity contribution >= 4 is 21.1 Å². The molecule has 1 heterocycles. The van der Waals surface area contributed by atoms with Crippen molar-refractivity contribution in [1.82, 2.24) is 14.3 Å². The number of aryl methyl sites for hydroxylation is 2. The van der Waals surface area contributed by atoms with E-state index in [2.05, 4.69) is 9.71 Å². The van der Waals surface area contributed by atoms with E-state index in [-0.39, 0.29) is 17.3 Å². The Labute approximate surface area is 175 Å². The molecule has 0 aliphatic carbocycles. The van der Waals surface area contributed by atoms with Gasteiger partial charge in [0.15, 0.2) is 0 Å². The van der Waals surface area contributed by atoms with Gasteiger partial charge in [0.05, 0.1) is 15.9 Å². The van der Waals surface area contributed by atoms with Crippen molar-refractivity contribution in [2.24, 2.45) is 0 Å². The highest BCUT2D eigenvalue weighted by molar-refractivity contribution is 7.89. The van der Waals surface area contributed by atoms with Gasteiger partial charge in [-0.2, -0.15) is 0 Å². The molecule has 0 unspecified atom stereocenters. The Kier molecular flexibility index (Phi) is 5.40. The largest absolute Gasteiger partial charge is 0.323 e. The third kappa shape index (κ3) is 3.99. The lowest BCUT2D eigenvalue weighted by Gasteiger charge is -2.12. The minimum absolute atomic E-state index is 0.199. The molecule has 0 bridgehead atoms. The Morgan fingerprint density at radius 3 is 2.47 bits per heavy atom. The summed E-state index contributed by atoms with van der Waals surface area (Å²) in [6, 6.07) is 19.0. The van der Waals surface area contributed by atoms with Crippen LogP contribution in [0.3, 0.4) is 0 Å². The second-order valence-corrected chi connectivity index (χ2v) is 8.98. The minimum atomic E-state index is -3.63. The molecular weight excluding hydrogens is 401 g/mol. The van der Waals surface area contributed by atoms with Crippen LogP contribution >= 0.6 is 0 Å². The molecule has 0 amide bonds. The first-order valence-corrected chi connectivity index (χ1v) is 11.1. The van der Waals surface area contributed by atoms with Crippen molar-refractivity contribution in [2.45, 2.75) is 25.3 Å². The summed E-state index contributed by atoms with van der Waals surface area (Å²) in [6.45, 7) is 4.30. The smallest absolute Gasteiger partial charge is 0.240 e. The van der Waals surface area contributed by atoms with Gasteiger partial charge in [-0.1, -0.05) is 29.8 Å². The summed E-state index contributed by atoms with van der Waals surface area (Å²) in [5, 5.41) is 0. The van der Waals surface area contributed by atoms with E-state index in [0.717, 1.165) is 22.2 Å². The van der Waals surface area contributed by atoms with Crippen molar-refractivity contribution < 1.29 is 12.8 Å². The number of para-hydroxylation sites is 2. The zero-order valence-corrected chi connectivity index (χ0v) is 17.6. The van der Waals surface area contributed by atoms with Gasteiger partial charge in [0, 0.05) is 18.7 Å². The van der Waals surface area contributed by atoms with E-state index in [0.29, 0.717) is 17.9 Å². The molecule has 4 rings (SSSR count). The van der Waals surface area contributed by atoms with Crippen LogP contribution in [-0.2, 0) is 16.6 Å². The maximum absolute atomic E-state index is 13.4. The Bertz CT molecular complexity index is 1310. The molecule has 4 aromatic rings. The second-order valence-electron chi connectivity index (χ2n) is 7.25. The van der Waals surface area contributed by atoms with Crippen LogP contribution in [0, 0.1) is 19.7 Å². The zero-order valence-electron chi connectivity index (χ0n) is 16.8. The fourth-order valence-corrected chi connectivity index (χ4v) is 4.84. The van der Waals surface area contributed by atoms with Crippen molar-refractivity contribution in [3.8, 4) is 11.4 Å². The van der Waals surface area contributed by atoms with Gasteiger partial charge in [0.1, 0.15) is 11.6 Å². The number of nitrogens with zero attached hydrogens (tertiary/aromatic N) is 2. The number of hydrogen-bond acceptors (Lipinski definition) is 3. The number of aromatic nitrogens is 2. The highest BCUT2D eigenvalue weighted by Gasteiger charge is 2.17. The highest BCUT2D eigenvalue weighted by Crippen LogP contribution is 2.25. The Hall–Kier alpha value is -3.03. The third-order valence-corrected chi connectivity index (χ3v) is 6.63. The maximum atomic E-state index is 13.4. The first kappa shape index (κ1) is 20.3. The molecule has 5 nitrogen and oxygen atoms in total. The number of benzene rings is 3. The van der Waals surface area contributed by atoms with Crippen molar-refractivity contribution in [3.63, 3.8) is 0 Å². The van der Waals surface area contributed by atoms with E-state index >= 15 is 0 Å². The Morgan fingerprint density at radius 1 is 1.00 bits per heavy atom. The Morgan fingerprint density at radius 2 is 1.73 bits per heavy atom. The van der Waals surface area contributed by atoms with Gasteiger partial charge in [0.2, 0.25) is 10.0 Å². The van der Waals surface area contributed by atoms with Gasteiger partial charge in [-0.25, -0.2) is 22.5 Å². The molecule has 3 aromatic carbocycles. The summed E-state index contributed by atoms with van der Waals surface area (Å²) in [6.07, 6.45) is 0. The summed E-state index contributed by atoms with van der Waals surface area (Å²) in [4.78, 5) is 4.95. The van der Waals surface area contributed by atoms with Gasteiger partial charge < -0.3 is 4.57 Å². The fourth-order valence-electron chi connectivity index (χ4n) is 3.59. The zero-order chi connectivity index (χ0) is 21.3. The maximum Gasteiger partial charge on any atom is 0.240 e.